The first-order valence-corrected chi connectivity index (χ1v) is 9.11. The van der Waals surface area contributed by atoms with Gasteiger partial charge in [0, 0.05) is 16.5 Å². The lowest BCUT2D eigenvalue weighted by atomic mass is 10.1. The van der Waals surface area contributed by atoms with Gasteiger partial charge < -0.3 is 5.32 Å². The van der Waals surface area contributed by atoms with Crippen molar-refractivity contribution in [1.82, 2.24) is 34.7 Å². The standard InChI is InChI=1S/C18H12ClF3N8O/c1-9(17-27-8-28-30(17)14-4-11(5-31)23-6-24-14)29-16-12-2-10(19)3-13(18(20,21)22)15(12)25-7-26-16/h2-9H,1H3,(H,25,26,29)/t9-/m0/s1. The number of nitrogens with zero attached hydrogens (tertiary/aromatic N) is 7. The van der Waals surface area contributed by atoms with Crippen molar-refractivity contribution in [3.8, 4) is 5.82 Å². The first-order valence-electron chi connectivity index (χ1n) is 8.73. The van der Waals surface area contributed by atoms with Crippen molar-refractivity contribution in [2.75, 3.05) is 5.32 Å². The van der Waals surface area contributed by atoms with Crippen LogP contribution in [0.15, 0.2) is 37.2 Å². The molecule has 1 N–H and O–H groups in total. The van der Waals surface area contributed by atoms with Crippen LogP contribution < -0.4 is 5.32 Å². The SMILES string of the molecule is C[C@H](Nc1ncnc2c(C(F)(F)F)cc(Cl)cc12)c1ncnn1-c1cc(C=O)ncn1. The Hall–Kier alpha value is -3.67. The highest BCUT2D eigenvalue weighted by Crippen LogP contribution is 2.38. The van der Waals surface area contributed by atoms with Gasteiger partial charge in [0.15, 0.2) is 17.9 Å². The van der Waals surface area contributed by atoms with Gasteiger partial charge in [-0.15, -0.1) is 0 Å². The summed E-state index contributed by atoms with van der Waals surface area (Å²) in [4.78, 5) is 30.9. The van der Waals surface area contributed by atoms with Crippen LogP contribution in [0.4, 0.5) is 19.0 Å². The summed E-state index contributed by atoms with van der Waals surface area (Å²) in [5.41, 5.74) is -1.09. The van der Waals surface area contributed by atoms with Crippen LogP contribution in [0.3, 0.4) is 0 Å². The molecule has 0 bridgehead atoms. The fraction of sp³-hybridized carbons (Fsp3) is 0.167. The molecule has 0 aliphatic rings. The minimum Gasteiger partial charge on any atom is -0.360 e. The average molecular weight is 449 g/mol. The van der Waals surface area contributed by atoms with Crippen LogP contribution in [0.2, 0.25) is 5.02 Å². The highest BCUT2D eigenvalue weighted by atomic mass is 35.5. The second kappa shape index (κ2) is 7.87. The number of halogens is 4. The monoisotopic (exact) mass is 448 g/mol. The number of hydrogen-bond acceptors (Lipinski definition) is 8. The van der Waals surface area contributed by atoms with E-state index in [1.54, 1.807) is 6.92 Å². The Morgan fingerprint density at radius 3 is 2.58 bits per heavy atom. The Morgan fingerprint density at radius 1 is 1.06 bits per heavy atom. The molecule has 0 unspecified atom stereocenters. The summed E-state index contributed by atoms with van der Waals surface area (Å²) in [5.74, 6) is 0.810. The number of fused-ring (bicyclic) bond motifs is 1. The largest absolute Gasteiger partial charge is 0.418 e. The molecule has 158 valence electrons. The average Bonchev–Trinajstić information content (AvgIpc) is 3.23. The Balaban J connectivity index is 1.74. The molecule has 0 aliphatic carbocycles. The van der Waals surface area contributed by atoms with E-state index in [2.05, 4.69) is 35.3 Å². The van der Waals surface area contributed by atoms with Gasteiger partial charge in [-0.25, -0.2) is 24.9 Å². The zero-order chi connectivity index (χ0) is 22.2. The minimum absolute atomic E-state index is 0.101. The van der Waals surface area contributed by atoms with E-state index in [1.807, 2.05) is 0 Å². The first-order chi connectivity index (χ1) is 14.8. The van der Waals surface area contributed by atoms with Gasteiger partial charge in [-0.05, 0) is 19.1 Å². The molecule has 0 spiro atoms. The summed E-state index contributed by atoms with van der Waals surface area (Å²) < 4.78 is 41.6. The van der Waals surface area contributed by atoms with E-state index >= 15 is 0 Å². The summed E-state index contributed by atoms with van der Waals surface area (Å²) in [5, 5.41) is 7.12. The molecule has 13 heteroatoms. The molecule has 0 radical (unpaired) electrons. The van der Waals surface area contributed by atoms with Crippen molar-refractivity contribution in [2.24, 2.45) is 0 Å². The highest BCUT2D eigenvalue weighted by molar-refractivity contribution is 6.31. The number of alkyl halides is 3. The van der Waals surface area contributed by atoms with Crippen LogP contribution in [-0.2, 0) is 6.18 Å². The lowest BCUT2D eigenvalue weighted by molar-refractivity contribution is -0.136. The summed E-state index contributed by atoms with van der Waals surface area (Å²) in [6.07, 6.45) is -0.539. The van der Waals surface area contributed by atoms with Gasteiger partial charge in [-0.3, -0.25) is 4.79 Å². The fourth-order valence-corrected chi connectivity index (χ4v) is 3.22. The molecule has 4 aromatic rings. The normalized spacial score (nSPS) is 12.7. The van der Waals surface area contributed by atoms with Gasteiger partial charge in [0.1, 0.15) is 30.5 Å². The molecule has 1 aromatic carbocycles. The Labute approximate surface area is 177 Å². The van der Waals surface area contributed by atoms with Crippen molar-refractivity contribution in [1.29, 1.82) is 0 Å². The second-order valence-corrected chi connectivity index (χ2v) is 6.82. The van der Waals surface area contributed by atoms with Crippen LogP contribution >= 0.6 is 11.6 Å². The lowest BCUT2D eigenvalue weighted by Gasteiger charge is -2.17. The molecule has 3 aromatic heterocycles. The Bertz CT molecular complexity index is 1280. The van der Waals surface area contributed by atoms with Gasteiger partial charge in [0.05, 0.1) is 17.1 Å². The smallest absolute Gasteiger partial charge is 0.360 e. The van der Waals surface area contributed by atoms with E-state index in [4.69, 9.17) is 11.6 Å². The molecule has 1 atom stereocenters. The van der Waals surface area contributed by atoms with E-state index in [0.717, 1.165) is 12.4 Å². The predicted molar refractivity (Wildman–Crippen MR) is 104 cm³/mol. The molecule has 9 nitrogen and oxygen atoms in total. The third kappa shape index (κ3) is 4.01. The summed E-state index contributed by atoms with van der Waals surface area (Å²) >= 11 is 5.92. The Morgan fingerprint density at radius 2 is 1.84 bits per heavy atom. The number of rotatable bonds is 5. The number of nitrogens with one attached hydrogen (secondary N) is 1. The van der Waals surface area contributed by atoms with Crippen LogP contribution in [0.5, 0.6) is 0 Å². The van der Waals surface area contributed by atoms with Gasteiger partial charge in [0.2, 0.25) is 0 Å². The molecule has 31 heavy (non-hydrogen) atoms. The predicted octanol–water partition coefficient (Wildman–Crippen LogP) is 3.66. The van der Waals surface area contributed by atoms with Crippen LogP contribution in [0, 0.1) is 0 Å². The third-order valence-corrected chi connectivity index (χ3v) is 4.55. The van der Waals surface area contributed by atoms with Gasteiger partial charge in [-0.2, -0.15) is 23.0 Å². The van der Waals surface area contributed by atoms with E-state index in [9.17, 15) is 18.0 Å². The van der Waals surface area contributed by atoms with E-state index < -0.39 is 17.8 Å². The number of carbonyl (C=O) groups excluding carboxylic acids is 1. The van der Waals surface area contributed by atoms with Crippen LogP contribution in [0.25, 0.3) is 16.7 Å². The molecule has 0 saturated carbocycles. The molecular weight excluding hydrogens is 437 g/mol. The zero-order valence-electron chi connectivity index (χ0n) is 15.7. The maximum atomic E-state index is 13.4. The van der Waals surface area contributed by atoms with E-state index in [-0.39, 0.29) is 27.4 Å². The van der Waals surface area contributed by atoms with Crippen molar-refractivity contribution < 1.29 is 18.0 Å². The van der Waals surface area contributed by atoms with Gasteiger partial charge in [0.25, 0.3) is 0 Å². The number of aldehydes is 1. The number of benzene rings is 1. The molecule has 0 amide bonds. The first kappa shape index (κ1) is 20.6. The van der Waals surface area contributed by atoms with Crippen molar-refractivity contribution in [3.05, 3.63) is 59.3 Å². The zero-order valence-corrected chi connectivity index (χ0v) is 16.4. The summed E-state index contributed by atoms with van der Waals surface area (Å²) in [6.45, 7) is 1.71. The van der Waals surface area contributed by atoms with Gasteiger partial charge in [-0.1, -0.05) is 11.6 Å². The number of hydrogen-bond donors (Lipinski definition) is 1. The topological polar surface area (TPSA) is 111 Å². The fourth-order valence-electron chi connectivity index (χ4n) is 3.00. The Kier molecular flexibility index (Phi) is 5.23. The van der Waals surface area contributed by atoms with E-state index in [0.29, 0.717) is 17.9 Å². The third-order valence-electron chi connectivity index (χ3n) is 4.34. The van der Waals surface area contributed by atoms with Crippen molar-refractivity contribution in [3.63, 3.8) is 0 Å². The number of anilines is 1. The number of carbonyl (C=O) groups is 1. The summed E-state index contributed by atoms with van der Waals surface area (Å²) in [6, 6.07) is 3.03. The molecule has 0 aliphatic heterocycles. The van der Waals surface area contributed by atoms with Crippen LogP contribution in [0.1, 0.15) is 34.8 Å². The highest BCUT2D eigenvalue weighted by Gasteiger charge is 2.34. The van der Waals surface area contributed by atoms with Crippen molar-refractivity contribution >= 4 is 34.6 Å². The summed E-state index contributed by atoms with van der Waals surface area (Å²) in [7, 11) is 0. The maximum absolute atomic E-state index is 13.4. The lowest BCUT2D eigenvalue weighted by Crippen LogP contribution is -2.16. The minimum atomic E-state index is -4.64. The molecular formula is C18H12ClF3N8O. The molecule has 0 fully saturated rings. The molecule has 3 heterocycles. The van der Waals surface area contributed by atoms with Crippen LogP contribution in [-0.4, -0.2) is 41.0 Å². The number of aromatic nitrogens is 7. The maximum Gasteiger partial charge on any atom is 0.418 e. The van der Waals surface area contributed by atoms with Gasteiger partial charge >= 0.3 is 6.18 Å². The molecule has 0 saturated heterocycles. The second-order valence-electron chi connectivity index (χ2n) is 6.38. The quantitative estimate of drug-likeness (QED) is 0.460. The van der Waals surface area contributed by atoms with E-state index in [1.165, 1.54) is 29.5 Å². The molecule has 4 rings (SSSR count). The van der Waals surface area contributed by atoms with Crippen molar-refractivity contribution in [2.45, 2.75) is 19.1 Å².